The number of rotatable bonds is 7. The van der Waals surface area contributed by atoms with Gasteiger partial charge in [0.05, 0.1) is 25.0 Å². The fraction of sp³-hybridized carbons (Fsp3) is 0.192. The molecule has 0 aliphatic carbocycles. The second-order valence-corrected chi connectivity index (χ2v) is 7.16. The molecule has 3 aromatic carbocycles. The largest absolute Gasteiger partial charge is 0.493 e. The number of nitrogens with zero attached hydrogens (tertiary/aromatic N) is 1. The van der Waals surface area contributed by atoms with Crippen LogP contribution in [0.4, 0.5) is 11.4 Å². The number of ether oxygens (including phenoxy) is 2. The van der Waals surface area contributed by atoms with E-state index in [0.717, 1.165) is 41.1 Å². The first-order chi connectivity index (χ1) is 14.7. The second-order valence-electron chi connectivity index (χ2n) is 7.16. The Balaban J connectivity index is 1.71. The lowest BCUT2D eigenvalue weighted by Crippen LogP contribution is -2.20. The molecule has 0 radical (unpaired) electrons. The lowest BCUT2D eigenvalue weighted by molar-refractivity contribution is -0.112. The molecule has 3 aromatic rings. The van der Waals surface area contributed by atoms with Crippen molar-refractivity contribution < 1.29 is 14.3 Å². The van der Waals surface area contributed by atoms with E-state index in [-0.39, 0.29) is 5.91 Å². The minimum atomic E-state index is -0.0374. The number of anilines is 2. The first-order valence-electron chi connectivity index (χ1n) is 10.2. The Labute approximate surface area is 177 Å². The van der Waals surface area contributed by atoms with Crippen molar-refractivity contribution in [2.24, 2.45) is 0 Å². The van der Waals surface area contributed by atoms with E-state index in [1.165, 1.54) is 0 Å². The van der Waals surface area contributed by atoms with Crippen LogP contribution in [0.3, 0.4) is 0 Å². The van der Waals surface area contributed by atoms with Crippen molar-refractivity contribution in [1.82, 2.24) is 0 Å². The Morgan fingerprint density at radius 3 is 2.47 bits per heavy atom. The second kappa shape index (κ2) is 8.87. The fourth-order valence-corrected chi connectivity index (χ4v) is 3.60. The van der Waals surface area contributed by atoms with Gasteiger partial charge in [-0.15, -0.1) is 0 Å². The molecule has 0 spiro atoms. The van der Waals surface area contributed by atoms with Crippen LogP contribution >= 0.6 is 0 Å². The summed E-state index contributed by atoms with van der Waals surface area (Å²) in [6.07, 6.45) is 3.99. The fourth-order valence-electron chi connectivity index (χ4n) is 3.60. The zero-order valence-electron chi connectivity index (χ0n) is 17.3. The van der Waals surface area contributed by atoms with Crippen LogP contribution < -0.4 is 14.4 Å². The number of benzene rings is 3. The zero-order chi connectivity index (χ0) is 20.9. The molecule has 0 aromatic heterocycles. The first kappa shape index (κ1) is 19.8. The molecule has 152 valence electrons. The molecule has 0 fully saturated rings. The van der Waals surface area contributed by atoms with Crippen molar-refractivity contribution in [3.63, 3.8) is 0 Å². The maximum atomic E-state index is 13.4. The van der Waals surface area contributed by atoms with Crippen LogP contribution in [-0.4, -0.2) is 19.6 Å². The van der Waals surface area contributed by atoms with Crippen LogP contribution in [0.5, 0.6) is 11.5 Å². The number of unbranched alkanes of at least 4 members (excludes halogenated alkanes) is 1. The van der Waals surface area contributed by atoms with Crippen LogP contribution in [0.1, 0.15) is 30.9 Å². The van der Waals surface area contributed by atoms with Gasteiger partial charge in [-0.3, -0.25) is 9.69 Å². The summed E-state index contributed by atoms with van der Waals surface area (Å²) in [7, 11) is 1.63. The standard InChI is InChI=1S/C26H25NO3/c1-3-4-16-30-24-15-14-19(18-25(24)29-2)17-22-21-12-8-9-13-23(21)27(26(22)28)20-10-6-5-7-11-20/h5-15,17-18H,3-4,16H2,1-2H3/b22-17+. The van der Waals surface area contributed by atoms with Crippen LogP contribution in [0.25, 0.3) is 11.6 Å². The molecule has 0 saturated heterocycles. The molecule has 1 aliphatic heterocycles. The maximum Gasteiger partial charge on any atom is 0.263 e. The van der Waals surface area contributed by atoms with Gasteiger partial charge in [-0.25, -0.2) is 0 Å². The van der Waals surface area contributed by atoms with Crippen molar-refractivity contribution >= 4 is 28.9 Å². The predicted octanol–water partition coefficient (Wildman–Crippen LogP) is 6.09. The Morgan fingerprint density at radius 1 is 0.933 bits per heavy atom. The molecular formula is C26H25NO3. The highest BCUT2D eigenvalue weighted by Crippen LogP contribution is 2.42. The van der Waals surface area contributed by atoms with Crippen molar-refractivity contribution in [3.8, 4) is 11.5 Å². The van der Waals surface area contributed by atoms with Gasteiger partial charge in [0.25, 0.3) is 5.91 Å². The smallest absolute Gasteiger partial charge is 0.263 e. The number of amides is 1. The number of para-hydroxylation sites is 2. The van der Waals surface area contributed by atoms with Crippen LogP contribution in [-0.2, 0) is 4.79 Å². The van der Waals surface area contributed by atoms with E-state index in [1.54, 1.807) is 12.0 Å². The Morgan fingerprint density at radius 2 is 1.70 bits per heavy atom. The van der Waals surface area contributed by atoms with Crippen LogP contribution in [0.2, 0.25) is 0 Å². The van der Waals surface area contributed by atoms with E-state index in [0.29, 0.717) is 17.9 Å². The van der Waals surface area contributed by atoms with Crippen molar-refractivity contribution in [2.75, 3.05) is 18.6 Å². The molecule has 1 aliphatic rings. The average Bonchev–Trinajstić information content (AvgIpc) is 3.06. The van der Waals surface area contributed by atoms with E-state index in [1.807, 2.05) is 78.9 Å². The highest BCUT2D eigenvalue weighted by Gasteiger charge is 2.33. The Kier molecular flexibility index (Phi) is 5.84. The van der Waals surface area contributed by atoms with Gasteiger partial charge in [0.1, 0.15) is 0 Å². The summed E-state index contributed by atoms with van der Waals surface area (Å²) in [6.45, 7) is 2.79. The topological polar surface area (TPSA) is 38.8 Å². The minimum Gasteiger partial charge on any atom is -0.493 e. The number of hydrogen-bond donors (Lipinski definition) is 0. The molecule has 0 saturated carbocycles. The van der Waals surface area contributed by atoms with Gasteiger partial charge in [0.2, 0.25) is 0 Å². The summed E-state index contributed by atoms with van der Waals surface area (Å²) in [5.41, 5.74) is 4.23. The van der Waals surface area contributed by atoms with E-state index < -0.39 is 0 Å². The van der Waals surface area contributed by atoms with Gasteiger partial charge < -0.3 is 9.47 Å². The van der Waals surface area contributed by atoms with Gasteiger partial charge in [0, 0.05) is 11.3 Å². The number of carbonyl (C=O) groups is 1. The molecule has 4 nitrogen and oxygen atoms in total. The van der Waals surface area contributed by atoms with E-state index in [4.69, 9.17) is 9.47 Å². The van der Waals surface area contributed by atoms with E-state index in [9.17, 15) is 4.79 Å². The molecule has 0 bridgehead atoms. The molecular weight excluding hydrogens is 374 g/mol. The van der Waals surface area contributed by atoms with Gasteiger partial charge in [-0.05, 0) is 48.4 Å². The third kappa shape index (κ3) is 3.81. The molecule has 30 heavy (non-hydrogen) atoms. The Hall–Kier alpha value is -3.53. The van der Waals surface area contributed by atoms with Crippen LogP contribution in [0, 0.1) is 0 Å². The lowest BCUT2D eigenvalue weighted by Gasteiger charge is -2.16. The molecule has 0 unspecified atom stereocenters. The number of hydrogen-bond acceptors (Lipinski definition) is 3. The quantitative estimate of drug-likeness (QED) is 0.356. The summed E-state index contributed by atoms with van der Waals surface area (Å²) in [6, 6.07) is 23.4. The minimum absolute atomic E-state index is 0.0374. The molecule has 4 heteroatoms. The predicted molar refractivity (Wildman–Crippen MR) is 121 cm³/mol. The summed E-state index contributed by atoms with van der Waals surface area (Å²) >= 11 is 0. The first-order valence-corrected chi connectivity index (χ1v) is 10.2. The number of fused-ring (bicyclic) bond motifs is 1. The molecule has 0 N–H and O–H groups in total. The lowest BCUT2D eigenvalue weighted by atomic mass is 10.0. The molecule has 1 amide bonds. The van der Waals surface area contributed by atoms with Crippen LogP contribution in [0.15, 0.2) is 72.8 Å². The monoisotopic (exact) mass is 399 g/mol. The summed E-state index contributed by atoms with van der Waals surface area (Å²) < 4.78 is 11.3. The zero-order valence-corrected chi connectivity index (χ0v) is 17.3. The third-order valence-corrected chi connectivity index (χ3v) is 5.14. The van der Waals surface area contributed by atoms with Crippen molar-refractivity contribution in [3.05, 3.63) is 83.9 Å². The van der Waals surface area contributed by atoms with Gasteiger partial charge in [-0.2, -0.15) is 0 Å². The maximum absolute atomic E-state index is 13.4. The molecule has 1 heterocycles. The molecule has 0 atom stereocenters. The van der Waals surface area contributed by atoms with Crippen molar-refractivity contribution in [2.45, 2.75) is 19.8 Å². The number of methoxy groups -OCH3 is 1. The highest BCUT2D eigenvalue weighted by atomic mass is 16.5. The Bertz CT molecular complexity index is 1070. The number of carbonyl (C=O) groups excluding carboxylic acids is 1. The average molecular weight is 399 g/mol. The third-order valence-electron chi connectivity index (χ3n) is 5.14. The van der Waals surface area contributed by atoms with Gasteiger partial charge in [0.15, 0.2) is 11.5 Å². The van der Waals surface area contributed by atoms with Crippen molar-refractivity contribution in [1.29, 1.82) is 0 Å². The summed E-state index contributed by atoms with van der Waals surface area (Å²) in [5.74, 6) is 1.35. The van der Waals surface area contributed by atoms with E-state index >= 15 is 0 Å². The normalized spacial score (nSPS) is 14.1. The summed E-state index contributed by atoms with van der Waals surface area (Å²) in [5, 5.41) is 0. The highest BCUT2D eigenvalue weighted by molar-refractivity contribution is 6.37. The molecule has 4 rings (SSSR count). The SMILES string of the molecule is CCCCOc1ccc(/C=C2/C(=O)N(c3ccccc3)c3ccccc32)cc1OC. The van der Waals surface area contributed by atoms with Gasteiger partial charge >= 0.3 is 0 Å². The van der Waals surface area contributed by atoms with E-state index in [2.05, 4.69) is 6.92 Å². The van der Waals surface area contributed by atoms with Gasteiger partial charge in [-0.1, -0.05) is 55.8 Å². The summed E-state index contributed by atoms with van der Waals surface area (Å²) in [4.78, 5) is 15.1.